The van der Waals surface area contributed by atoms with E-state index < -0.39 is 0 Å². The van der Waals surface area contributed by atoms with Crippen LogP contribution in [0.1, 0.15) is 96.8 Å². The molecule has 0 spiro atoms. The van der Waals surface area contributed by atoms with Crippen LogP contribution in [0.2, 0.25) is 0 Å². The van der Waals surface area contributed by atoms with Crippen molar-refractivity contribution in [1.82, 2.24) is 0 Å². The van der Waals surface area contributed by atoms with Gasteiger partial charge in [-0.2, -0.15) is 0 Å². The van der Waals surface area contributed by atoms with Gasteiger partial charge in [0.05, 0.1) is 0 Å². The molecule has 25 heavy (non-hydrogen) atoms. The Bertz CT molecular complexity index is 613. The van der Waals surface area contributed by atoms with Gasteiger partial charge in [0, 0.05) is 0 Å². The Morgan fingerprint density at radius 3 is 1.44 bits per heavy atom. The molecule has 0 heterocycles. The van der Waals surface area contributed by atoms with Gasteiger partial charge in [-0.25, -0.2) is 0 Å². The van der Waals surface area contributed by atoms with E-state index in [1.165, 1.54) is 38.5 Å². The minimum absolute atomic E-state index is 0.0254. The highest BCUT2D eigenvalue weighted by atomic mass is 16.3. The van der Waals surface area contributed by atoms with Gasteiger partial charge in [-0.1, -0.05) is 53.7 Å². The van der Waals surface area contributed by atoms with E-state index in [0.717, 1.165) is 28.9 Å². The SMILES string of the molecule is CC(C)(C)c1cc(C23CC4CC(CC(C4)C2)C3)cc(C(C)(C)C)c1O. The Balaban J connectivity index is 1.88. The highest BCUT2D eigenvalue weighted by Gasteiger charge is 2.52. The van der Waals surface area contributed by atoms with Gasteiger partial charge in [0.2, 0.25) is 0 Å². The Hall–Kier alpha value is -0.980. The number of rotatable bonds is 1. The van der Waals surface area contributed by atoms with E-state index in [1.807, 2.05) is 0 Å². The van der Waals surface area contributed by atoms with E-state index in [-0.39, 0.29) is 10.8 Å². The molecule has 1 heteroatoms. The first-order valence-electron chi connectivity index (χ1n) is 10.4. The fraction of sp³-hybridized carbons (Fsp3) is 0.750. The van der Waals surface area contributed by atoms with Crippen LogP contribution in [0.15, 0.2) is 12.1 Å². The molecule has 0 aliphatic heterocycles. The molecule has 0 amide bonds. The van der Waals surface area contributed by atoms with E-state index in [4.69, 9.17) is 0 Å². The lowest BCUT2D eigenvalue weighted by atomic mass is 9.48. The van der Waals surface area contributed by atoms with Crippen molar-refractivity contribution in [2.75, 3.05) is 0 Å². The standard InChI is InChI=1S/C24H36O/c1-22(2,3)19-10-18(11-20(21(19)25)23(4,5)6)24-12-15-7-16(13-24)9-17(8-15)14-24/h10-11,15-17,25H,7-9,12-14H2,1-6H3. The zero-order valence-corrected chi connectivity index (χ0v) is 17.1. The van der Waals surface area contributed by atoms with E-state index in [0.29, 0.717) is 11.2 Å². The quantitative estimate of drug-likeness (QED) is 0.622. The molecule has 1 N–H and O–H groups in total. The summed E-state index contributed by atoms with van der Waals surface area (Å²) in [5, 5.41) is 11.1. The van der Waals surface area contributed by atoms with Crippen LogP contribution in [-0.2, 0) is 16.2 Å². The topological polar surface area (TPSA) is 20.2 Å². The van der Waals surface area contributed by atoms with Crippen LogP contribution in [-0.4, -0.2) is 5.11 Å². The van der Waals surface area contributed by atoms with Gasteiger partial charge in [-0.05, 0) is 89.2 Å². The molecule has 4 aliphatic rings. The van der Waals surface area contributed by atoms with Crippen molar-refractivity contribution in [3.63, 3.8) is 0 Å². The summed E-state index contributed by atoms with van der Waals surface area (Å²) in [7, 11) is 0. The van der Waals surface area contributed by atoms with Gasteiger partial charge in [0.15, 0.2) is 0 Å². The van der Waals surface area contributed by atoms with Gasteiger partial charge in [-0.15, -0.1) is 0 Å². The van der Waals surface area contributed by atoms with Crippen molar-refractivity contribution >= 4 is 0 Å². The minimum Gasteiger partial charge on any atom is -0.507 e. The molecule has 1 aromatic carbocycles. The first-order chi connectivity index (χ1) is 11.5. The van der Waals surface area contributed by atoms with Crippen LogP contribution in [0.3, 0.4) is 0 Å². The van der Waals surface area contributed by atoms with Crippen LogP contribution >= 0.6 is 0 Å². The lowest BCUT2D eigenvalue weighted by Crippen LogP contribution is -2.48. The lowest BCUT2D eigenvalue weighted by Gasteiger charge is -2.57. The third-order valence-corrected chi connectivity index (χ3v) is 7.38. The monoisotopic (exact) mass is 340 g/mol. The molecular weight excluding hydrogens is 304 g/mol. The number of hydrogen-bond donors (Lipinski definition) is 1. The summed E-state index contributed by atoms with van der Waals surface area (Å²) in [5.74, 6) is 3.40. The molecule has 4 fully saturated rings. The number of benzene rings is 1. The highest BCUT2D eigenvalue weighted by Crippen LogP contribution is 2.61. The third-order valence-electron chi connectivity index (χ3n) is 7.38. The second-order valence-corrected chi connectivity index (χ2v) is 11.6. The molecule has 138 valence electrons. The molecule has 1 aromatic rings. The predicted octanol–water partition coefficient (Wildman–Crippen LogP) is 6.46. The zero-order valence-electron chi connectivity index (χ0n) is 17.1. The molecule has 0 atom stereocenters. The second kappa shape index (κ2) is 5.27. The summed E-state index contributed by atoms with van der Waals surface area (Å²) in [6.45, 7) is 13.4. The van der Waals surface area contributed by atoms with Crippen LogP contribution in [0.5, 0.6) is 5.75 Å². The normalized spacial score (nSPS) is 34.6. The van der Waals surface area contributed by atoms with Crippen molar-refractivity contribution in [3.05, 3.63) is 28.8 Å². The Labute approximate surface area is 154 Å². The smallest absolute Gasteiger partial charge is 0.123 e. The zero-order chi connectivity index (χ0) is 18.2. The predicted molar refractivity (Wildman–Crippen MR) is 105 cm³/mol. The maximum absolute atomic E-state index is 11.1. The van der Waals surface area contributed by atoms with Gasteiger partial charge in [0.25, 0.3) is 0 Å². The second-order valence-electron chi connectivity index (χ2n) is 11.6. The fourth-order valence-electron chi connectivity index (χ4n) is 6.55. The number of aromatic hydroxyl groups is 1. The molecule has 1 nitrogen and oxygen atoms in total. The summed E-state index contributed by atoms with van der Waals surface area (Å²) < 4.78 is 0. The first-order valence-corrected chi connectivity index (χ1v) is 10.4. The van der Waals surface area contributed by atoms with Crippen LogP contribution in [0.25, 0.3) is 0 Å². The first kappa shape index (κ1) is 17.4. The highest BCUT2D eigenvalue weighted by molar-refractivity contribution is 5.52. The van der Waals surface area contributed by atoms with Crippen molar-refractivity contribution in [2.45, 2.75) is 96.3 Å². The average molecular weight is 341 g/mol. The third kappa shape index (κ3) is 2.82. The number of hydrogen-bond acceptors (Lipinski definition) is 1. The van der Waals surface area contributed by atoms with Crippen LogP contribution in [0.4, 0.5) is 0 Å². The Kier molecular flexibility index (Phi) is 3.68. The number of phenolic OH excluding ortho intramolecular Hbond substituents is 1. The van der Waals surface area contributed by atoms with Gasteiger partial charge in [-0.3, -0.25) is 0 Å². The van der Waals surface area contributed by atoms with Crippen molar-refractivity contribution in [3.8, 4) is 5.75 Å². The van der Waals surface area contributed by atoms with Gasteiger partial charge >= 0.3 is 0 Å². The maximum atomic E-state index is 11.1. The Morgan fingerprint density at radius 1 is 0.760 bits per heavy atom. The maximum Gasteiger partial charge on any atom is 0.123 e. The molecule has 4 bridgehead atoms. The molecule has 0 unspecified atom stereocenters. The molecule has 5 rings (SSSR count). The summed E-state index contributed by atoms with van der Waals surface area (Å²) in [6.07, 6.45) is 8.60. The molecule has 0 radical (unpaired) electrons. The molecule has 0 aromatic heterocycles. The summed E-state index contributed by atoms with van der Waals surface area (Å²) in [5.41, 5.74) is 4.17. The Morgan fingerprint density at radius 2 is 1.12 bits per heavy atom. The molecule has 4 saturated carbocycles. The van der Waals surface area contributed by atoms with E-state index in [2.05, 4.69) is 53.7 Å². The molecular formula is C24H36O. The van der Waals surface area contributed by atoms with E-state index in [1.54, 1.807) is 5.56 Å². The van der Waals surface area contributed by atoms with E-state index in [9.17, 15) is 5.11 Å². The molecule has 4 aliphatic carbocycles. The van der Waals surface area contributed by atoms with Crippen LogP contribution in [0, 0.1) is 17.8 Å². The van der Waals surface area contributed by atoms with Gasteiger partial charge in [0.1, 0.15) is 5.75 Å². The van der Waals surface area contributed by atoms with Crippen molar-refractivity contribution in [2.24, 2.45) is 17.8 Å². The van der Waals surface area contributed by atoms with Crippen molar-refractivity contribution in [1.29, 1.82) is 0 Å². The minimum atomic E-state index is -0.0254. The summed E-state index contributed by atoms with van der Waals surface area (Å²) >= 11 is 0. The van der Waals surface area contributed by atoms with Crippen LogP contribution < -0.4 is 0 Å². The van der Waals surface area contributed by atoms with Crippen molar-refractivity contribution < 1.29 is 5.11 Å². The average Bonchev–Trinajstić information content (AvgIpc) is 2.43. The largest absolute Gasteiger partial charge is 0.507 e. The fourth-order valence-corrected chi connectivity index (χ4v) is 6.55. The summed E-state index contributed by atoms with van der Waals surface area (Å²) in [6, 6.07) is 4.77. The lowest BCUT2D eigenvalue weighted by molar-refractivity contribution is -0.00531. The van der Waals surface area contributed by atoms with E-state index >= 15 is 0 Å². The summed E-state index contributed by atoms with van der Waals surface area (Å²) in [4.78, 5) is 0. The van der Waals surface area contributed by atoms with Gasteiger partial charge < -0.3 is 5.11 Å². The molecule has 0 saturated heterocycles. The number of phenols is 1.